The normalized spacial score (nSPS) is 10.8. The van der Waals surface area contributed by atoms with Crippen LogP contribution in [0.25, 0.3) is 11.0 Å². The van der Waals surface area contributed by atoms with Gasteiger partial charge in [0.2, 0.25) is 0 Å². The molecule has 3 rings (SSSR count). The van der Waals surface area contributed by atoms with E-state index in [4.69, 9.17) is 0 Å². The predicted molar refractivity (Wildman–Crippen MR) is 77.7 cm³/mol. The van der Waals surface area contributed by atoms with Crippen LogP contribution in [0.1, 0.15) is 21.6 Å². The molecule has 0 radical (unpaired) electrons. The summed E-state index contributed by atoms with van der Waals surface area (Å²) in [6.07, 6.45) is 5.95. The molecule has 0 atom stereocenters. The topological polar surface area (TPSA) is 47.8 Å². The van der Waals surface area contributed by atoms with Gasteiger partial charge >= 0.3 is 0 Å². The number of rotatable bonds is 4. The van der Waals surface area contributed by atoms with Crippen molar-refractivity contribution in [1.29, 1.82) is 0 Å². The van der Waals surface area contributed by atoms with Gasteiger partial charge in [0.25, 0.3) is 0 Å². The molecule has 4 heteroatoms. The van der Waals surface area contributed by atoms with Crippen LogP contribution >= 0.6 is 0 Å². The highest BCUT2D eigenvalue weighted by atomic mass is 16.1. The molecule has 0 unspecified atom stereocenters. The van der Waals surface area contributed by atoms with Crippen molar-refractivity contribution >= 4 is 17.3 Å². The van der Waals surface area contributed by atoms with E-state index in [1.54, 1.807) is 12.5 Å². The lowest BCUT2D eigenvalue weighted by Crippen LogP contribution is -1.98. The fourth-order valence-corrected chi connectivity index (χ4v) is 2.50. The smallest absolute Gasteiger partial charge is 0.152 e. The lowest BCUT2D eigenvalue weighted by atomic mass is 10.1. The quantitative estimate of drug-likeness (QED) is 0.681. The average Bonchev–Trinajstić information content (AvgIpc) is 2.83. The van der Waals surface area contributed by atoms with Gasteiger partial charge in [0.15, 0.2) is 6.29 Å². The minimum atomic E-state index is 0.658. The fourth-order valence-electron chi connectivity index (χ4n) is 2.50. The fraction of sp³-hybridized carbons (Fsp3) is 0.188. The van der Waals surface area contributed by atoms with Crippen LogP contribution in [-0.4, -0.2) is 20.8 Å². The van der Waals surface area contributed by atoms with Gasteiger partial charge in [-0.3, -0.25) is 4.79 Å². The number of benzene rings is 1. The van der Waals surface area contributed by atoms with Crippen LogP contribution in [-0.2, 0) is 19.9 Å². The highest BCUT2D eigenvalue weighted by Crippen LogP contribution is 2.21. The van der Waals surface area contributed by atoms with Crippen LogP contribution in [0.5, 0.6) is 0 Å². The van der Waals surface area contributed by atoms with E-state index in [9.17, 15) is 4.79 Å². The Labute approximate surface area is 117 Å². The zero-order valence-electron chi connectivity index (χ0n) is 11.3. The third-order valence-electron chi connectivity index (χ3n) is 3.48. The molecule has 0 saturated heterocycles. The number of aldehydes is 1. The maximum Gasteiger partial charge on any atom is 0.152 e. The molecule has 0 aliphatic heterocycles. The summed E-state index contributed by atoms with van der Waals surface area (Å²) in [5.74, 6) is 0. The number of aryl methyl sites for hydroxylation is 3. The van der Waals surface area contributed by atoms with Gasteiger partial charge in [-0.1, -0.05) is 30.3 Å². The van der Waals surface area contributed by atoms with Crippen LogP contribution in [0.4, 0.5) is 0 Å². The molecular weight excluding hydrogens is 250 g/mol. The number of aromatic nitrogens is 3. The molecule has 0 amide bonds. The summed E-state index contributed by atoms with van der Waals surface area (Å²) in [7, 11) is 1.89. The molecule has 100 valence electrons. The Hall–Kier alpha value is -2.49. The molecule has 20 heavy (non-hydrogen) atoms. The summed E-state index contributed by atoms with van der Waals surface area (Å²) >= 11 is 0. The lowest BCUT2D eigenvalue weighted by Gasteiger charge is -2.04. The Morgan fingerprint density at radius 1 is 1.15 bits per heavy atom. The Balaban J connectivity index is 1.97. The number of nitrogens with zero attached hydrogens (tertiary/aromatic N) is 3. The molecule has 4 nitrogen and oxygen atoms in total. The second kappa shape index (κ2) is 5.25. The van der Waals surface area contributed by atoms with E-state index in [1.165, 1.54) is 5.56 Å². The molecule has 1 aromatic carbocycles. The largest absolute Gasteiger partial charge is 0.335 e. The van der Waals surface area contributed by atoms with E-state index < -0.39 is 0 Å². The Bertz CT molecular complexity index is 747. The highest BCUT2D eigenvalue weighted by molar-refractivity contribution is 5.97. The maximum absolute atomic E-state index is 11.2. The second-order valence-electron chi connectivity index (χ2n) is 4.82. The van der Waals surface area contributed by atoms with Gasteiger partial charge in [-0.25, -0.2) is 9.97 Å². The minimum Gasteiger partial charge on any atom is -0.335 e. The number of hydrogen-bond donors (Lipinski definition) is 0. The van der Waals surface area contributed by atoms with E-state index in [2.05, 4.69) is 22.1 Å². The highest BCUT2D eigenvalue weighted by Gasteiger charge is 2.12. The van der Waals surface area contributed by atoms with Crippen molar-refractivity contribution in [2.45, 2.75) is 12.8 Å². The average molecular weight is 265 g/mol. The van der Waals surface area contributed by atoms with Gasteiger partial charge in [-0.15, -0.1) is 0 Å². The molecule has 0 N–H and O–H groups in total. The first-order valence-corrected chi connectivity index (χ1v) is 6.57. The summed E-state index contributed by atoms with van der Waals surface area (Å²) in [6.45, 7) is 0. The van der Waals surface area contributed by atoms with Crippen LogP contribution < -0.4 is 0 Å². The molecule has 0 bridgehead atoms. The van der Waals surface area contributed by atoms with Crippen LogP contribution in [0.2, 0.25) is 0 Å². The molecule has 2 heterocycles. The van der Waals surface area contributed by atoms with Crippen molar-refractivity contribution in [1.82, 2.24) is 14.5 Å². The second-order valence-corrected chi connectivity index (χ2v) is 4.82. The van der Waals surface area contributed by atoms with E-state index >= 15 is 0 Å². The minimum absolute atomic E-state index is 0.658. The van der Waals surface area contributed by atoms with Crippen molar-refractivity contribution in [2.75, 3.05) is 0 Å². The first-order valence-electron chi connectivity index (χ1n) is 6.57. The van der Waals surface area contributed by atoms with Gasteiger partial charge in [0.1, 0.15) is 12.0 Å². The molecule has 0 spiro atoms. The molecule has 0 saturated carbocycles. The molecule has 0 aliphatic rings. The molecule has 3 aromatic rings. The summed E-state index contributed by atoms with van der Waals surface area (Å²) in [5, 5.41) is 0.876. The van der Waals surface area contributed by atoms with Crippen molar-refractivity contribution in [3.8, 4) is 0 Å². The third kappa shape index (κ3) is 2.20. The van der Waals surface area contributed by atoms with Gasteiger partial charge in [-0.05, 0) is 18.4 Å². The van der Waals surface area contributed by atoms with E-state index in [1.807, 2.05) is 29.8 Å². The molecule has 0 fully saturated rings. The molecular formula is C16H15N3O. The lowest BCUT2D eigenvalue weighted by molar-refractivity contribution is 0.112. The summed E-state index contributed by atoms with van der Waals surface area (Å²) in [5.41, 5.74) is 3.67. The molecule has 0 aliphatic carbocycles. The SMILES string of the molecule is Cn1cc(C=O)c2c(CCc3ccccc3)ncnc21. The van der Waals surface area contributed by atoms with Gasteiger partial charge < -0.3 is 4.57 Å². The van der Waals surface area contributed by atoms with E-state index in [-0.39, 0.29) is 0 Å². The van der Waals surface area contributed by atoms with Gasteiger partial charge in [-0.2, -0.15) is 0 Å². The first-order chi connectivity index (χ1) is 9.79. The van der Waals surface area contributed by atoms with Crippen molar-refractivity contribution in [3.05, 3.63) is 59.7 Å². The Morgan fingerprint density at radius 2 is 1.95 bits per heavy atom. The standard InChI is InChI=1S/C16H15N3O/c1-19-9-13(10-20)15-14(17-11-18-16(15)19)8-7-12-5-3-2-4-6-12/h2-6,9-11H,7-8H2,1H3. The van der Waals surface area contributed by atoms with E-state index in [0.717, 1.165) is 35.9 Å². The first kappa shape index (κ1) is 12.5. The summed E-state index contributed by atoms with van der Waals surface area (Å²) < 4.78 is 1.87. The van der Waals surface area contributed by atoms with Crippen molar-refractivity contribution < 1.29 is 4.79 Å². The summed E-state index contributed by atoms with van der Waals surface area (Å²) in [4.78, 5) is 19.8. The number of carbonyl (C=O) groups excluding carboxylic acids is 1. The molecule has 2 aromatic heterocycles. The van der Waals surface area contributed by atoms with Crippen molar-refractivity contribution in [2.24, 2.45) is 7.05 Å². The summed E-state index contributed by atoms with van der Waals surface area (Å²) in [6, 6.07) is 10.3. The monoisotopic (exact) mass is 265 g/mol. The maximum atomic E-state index is 11.2. The number of hydrogen-bond acceptors (Lipinski definition) is 3. The predicted octanol–water partition coefficient (Wildman–Crippen LogP) is 2.57. The van der Waals surface area contributed by atoms with Gasteiger partial charge in [0, 0.05) is 18.8 Å². The zero-order chi connectivity index (χ0) is 13.9. The third-order valence-corrected chi connectivity index (χ3v) is 3.48. The zero-order valence-corrected chi connectivity index (χ0v) is 11.3. The number of carbonyl (C=O) groups is 1. The van der Waals surface area contributed by atoms with E-state index in [0.29, 0.717) is 5.56 Å². The van der Waals surface area contributed by atoms with Crippen LogP contribution in [0, 0.1) is 0 Å². The number of fused-ring (bicyclic) bond motifs is 1. The van der Waals surface area contributed by atoms with Crippen molar-refractivity contribution in [3.63, 3.8) is 0 Å². The van der Waals surface area contributed by atoms with Gasteiger partial charge in [0.05, 0.1) is 11.1 Å². The van der Waals surface area contributed by atoms with Crippen LogP contribution in [0.3, 0.4) is 0 Å². The Morgan fingerprint density at radius 3 is 2.70 bits per heavy atom. The Kier molecular flexibility index (Phi) is 3.29. The van der Waals surface area contributed by atoms with Crippen LogP contribution in [0.15, 0.2) is 42.9 Å².